The summed E-state index contributed by atoms with van der Waals surface area (Å²) in [4.78, 5) is 34.6. The van der Waals surface area contributed by atoms with Crippen LogP contribution in [0.1, 0.15) is 69.3 Å². The average molecular weight is 666 g/mol. The van der Waals surface area contributed by atoms with Crippen molar-refractivity contribution >= 4 is 17.6 Å². The maximum absolute atomic E-state index is 14.1. The van der Waals surface area contributed by atoms with Crippen molar-refractivity contribution in [3.63, 3.8) is 0 Å². The minimum atomic E-state index is -1.06. The maximum Gasteiger partial charge on any atom is 0.335 e. The third-order valence-electron chi connectivity index (χ3n) is 12.1. The highest BCUT2D eigenvalue weighted by atomic mass is 16.7. The molecule has 0 radical (unpaired) electrons. The molecule has 0 unspecified atom stereocenters. The molecule has 11 nitrogen and oxygen atoms in total. The van der Waals surface area contributed by atoms with Crippen molar-refractivity contribution in [3.8, 4) is 16.9 Å². The van der Waals surface area contributed by atoms with Crippen LogP contribution < -0.4 is 15.0 Å². The number of amides is 1. The fourth-order valence-corrected chi connectivity index (χ4v) is 9.25. The van der Waals surface area contributed by atoms with Crippen molar-refractivity contribution in [2.75, 3.05) is 31.8 Å². The van der Waals surface area contributed by atoms with E-state index < -0.39 is 30.1 Å². The van der Waals surface area contributed by atoms with E-state index in [0.29, 0.717) is 40.2 Å². The lowest BCUT2D eigenvalue weighted by Crippen LogP contribution is -2.62. The number of carbonyl (C=O) groups excluding carboxylic acids is 1. The van der Waals surface area contributed by atoms with Crippen LogP contribution in [0.3, 0.4) is 0 Å². The van der Waals surface area contributed by atoms with Gasteiger partial charge in [-0.05, 0) is 79.5 Å². The van der Waals surface area contributed by atoms with Gasteiger partial charge in [0.1, 0.15) is 17.9 Å². The Morgan fingerprint density at radius 3 is 2.54 bits per heavy atom. The Balaban J connectivity index is 1.31. The Hall–Kier alpha value is -3.22. The number of nitrogens with zero attached hydrogens (tertiary/aromatic N) is 2. The van der Waals surface area contributed by atoms with E-state index in [-0.39, 0.29) is 48.7 Å². The predicted octanol–water partition coefficient (Wildman–Crippen LogP) is 3.68. The molecule has 2 aromatic rings. The summed E-state index contributed by atoms with van der Waals surface area (Å²) in [6.07, 6.45) is 2.14. The van der Waals surface area contributed by atoms with E-state index in [1.54, 1.807) is 31.2 Å². The summed E-state index contributed by atoms with van der Waals surface area (Å²) < 4.78 is 5.96. The quantitative estimate of drug-likeness (QED) is 0.240. The summed E-state index contributed by atoms with van der Waals surface area (Å²) in [6, 6.07) is 9.84. The number of ether oxygens (including phenoxy) is 1. The molecule has 1 amide bonds. The molecule has 9 atom stereocenters. The van der Waals surface area contributed by atoms with Gasteiger partial charge in [0.25, 0.3) is 0 Å². The first kappa shape index (κ1) is 34.6. The third kappa shape index (κ3) is 6.08. The number of benzene rings is 2. The summed E-state index contributed by atoms with van der Waals surface area (Å²) in [5.41, 5.74) is 3.13. The molecule has 2 aliphatic heterocycles. The van der Waals surface area contributed by atoms with Crippen LogP contribution in [0.2, 0.25) is 0 Å². The van der Waals surface area contributed by atoms with Gasteiger partial charge in [-0.1, -0.05) is 39.0 Å². The molecule has 2 heterocycles. The number of aliphatic hydroxyl groups excluding tert-OH is 3. The van der Waals surface area contributed by atoms with E-state index in [9.17, 15) is 30.0 Å². The minimum absolute atomic E-state index is 0.0168. The van der Waals surface area contributed by atoms with Crippen molar-refractivity contribution in [2.24, 2.45) is 29.1 Å². The van der Waals surface area contributed by atoms with Crippen LogP contribution in [-0.2, 0) is 16.2 Å². The van der Waals surface area contributed by atoms with E-state index in [0.717, 1.165) is 31.5 Å². The van der Waals surface area contributed by atoms with Gasteiger partial charge < -0.3 is 35.4 Å². The molecule has 3 saturated carbocycles. The number of nitrogens with one attached hydrogen (secondary N) is 1. The maximum atomic E-state index is 14.1. The Bertz CT molecular complexity index is 1510. The molecular weight excluding hydrogens is 614 g/mol. The van der Waals surface area contributed by atoms with Crippen LogP contribution in [-0.4, -0.2) is 94.6 Å². The molecule has 5 N–H and O–H groups in total. The monoisotopic (exact) mass is 665 g/mol. The van der Waals surface area contributed by atoms with Crippen molar-refractivity contribution in [3.05, 3.63) is 47.5 Å². The molecule has 48 heavy (non-hydrogen) atoms. The van der Waals surface area contributed by atoms with Crippen LogP contribution in [0.4, 0.5) is 5.69 Å². The molecule has 0 aromatic heterocycles. The first-order valence-corrected chi connectivity index (χ1v) is 17.3. The van der Waals surface area contributed by atoms with Crippen molar-refractivity contribution in [1.29, 1.82) is 0 Å². The Morgan fingerprint density at radius 2 is 1.92 bits per heavy atom. The van der Waals surface area contributed by atoms with Gasteiger partial charge >= 0.3 is 5.97 Å². The normalized spacial score (nSPS) is 31.7. The Morgan fingerprint density at radius 1 is 1.15 bits per heavy atom. The highest BCUT2D eigenvalue weighted by Gasteiger charge is 2.57. The zero-order valence-electron chi connectivity index (χ0n) is 28.6. The largest absolute Gasteiger partial charge is 0.496 e. The molecule has 262 valence electrons. The second-order valence-corrected chi connectivity index (χ2v) is 15.0. The van der Waals surface area contributed by atoms with Gasteiger partial charge in [-0.25, -0.2) is 4.79 Å². The van der Waals surface area contributed by atoms with E-state index in [2.05, 4.69) is 31.0 Å². The molecule has 11 heteroatoms. The molecule has 2 bridgehead atoms. The van der Waals surface area contributed by atoms with Gasteiger partial charge in [-0.3, -0.25) is 9.63 Å². The number of hydrogen-bond donors (Lipinski definition) is 5. The topological polar surface area (TPSA) is 152 Å². The number of aliphatic hydroxyl groups is 3. The number of hydrogen-bond acceptors (Lipinski definition) is 9. The summed E-state index contributed by atoms with van der Waals surface area (Å²) in [6.45, 7) is 8.94. The number of carboxylic acid groups (broad SMARTS) is 1. The molecule has 2 aromatic carbocycles. The smallest absolute Gasteiger partial charge is 0.335 e. The number of rotatable bonds is 11. The molecule has 5 aliphatic rings. The van der Waals surface area contributed by atoms with Gasteiger partial charge in [-0.15, -0.1) is 0 Å². The van der Waals surface area contributed by atoms with Crippen LogP contribution >= 0.6 is 0 Å². The lowest BCUT2D eigenvalue weighted by molar-refractivity contribution is -0.183. The first-order chi connectivity index (χ1) is 22.9. The van der Waals surface area contributed by atoms with E-state index in [1.807, 2.05) is 24.3 Å². The highest BCUT2D eigenvalue weighted by Crippen LogP contribution is 2.61. The minimum Gasteiger partial charge on any atom is -0.496 e. The number of hydroxylamine groups is 2. The van der Waals surface area contributed by atoms with Crippen LogP contribution in [0, 0.1) is 29.1 Å². The number of fused-ring (bicyclic) bond motifs is 2. The first-order valence-electron chi connectivity index (χ1n) is 17.3. The molecule has 7 rings (SSSR count). The van der Waals surface area contributed by atoms with E-state index >= 15 is 0 Å². The second kappa shape index (κ2) is 13.6. The molecule has 5 fully saturated rings. The predicted molar refractivity (Wildman–Crippen MR) is 180 cm³/mol. The van der Waals surface area contributed by atoms with Crippen LogP contribution in [0.25, 0.3) is 11.1 Å². The SMILES string of the molecule is COc1c(CN2O[C@@H](CO)[C@@H]([C@H](C)O)[C@H]2C(=O)N[C@H]2C[C@@H]3C[C@H]([C@@H]2C)C3(C)C)cccc1-c1cc(C(=O)O)cc(N2CCC[C@@H]2CO)c1. The van der Waals surface area contributed by atoms with Gasteiger partial charge in [0.05, 0.1) is 44.6 Å². The summed E-state index contributed by atoms with van der Waals surface area (Å²) in [5, 5.41) is 45.9. The number of anilines is 1. The number of para-hydroxylation sites is 1. The van der Waals surface area contributed by atoms with Gasteiger partial charge in [0, 0.05) is 35.3 Å². The second-order valence-electron chi connectivity index (χ2n) is 15.0. The van der Waals surface area contributed by atoms with Gasteiger partial charge in [-0.2, -0.15) is 5.06 Å². The third-order valence-corrected chi connectivity index (χ3v) is 12.1. The zero-order chi connectivity index (χ0) is 34.5. The Labute approximate surface area is 282 Å². The van der Waals surface area contributed by atoms with Gasteiger partial charge in [0.2, 0.25) is 5.91 Å². The van der Waals surface area contributed by atoms with E-state index in [1.165, 1.54) is 6.42 Å². The molecular formula is C37H51N3O8. The highest BCUT2D eigenvalue weighted by molar-refractivity contribution is 5.92. The van der Waals surface area contributed by atoms with Crippen LogP contribution in [0.15, 0.2) is 36.4 Å². The van der Waals surface area contributed by atoms with Crippen molar-refractivity contribution < 1.29 is 39.6 Å². The summed E-state index contributed by atoms with van der Waals surface area (Å²) >= 11 is 0. The van der Waals surface area contributed by atoms with Gasteiger partial charge in [0.15, 0.2) is 0 Å². The average Bonchev–Trinajstić information content (AvgIpc) is 3.70. The van der Waals surface area contributed by atoms with Crippen molar-refractivity contribution in [2.45, 2.75) is 90.3 Å². The van der Waals surface area contributed by atoms with Crippen molar-refractivity contribution in [1.82, 2.24) is 10.4 Å². The number of carboxylic acids is 1. The number of carbonyl (C=O) groups is 2. The van der Waals surface area contributed by atoms with Crippen LogP contribution in [0.5, 0.6) is 5.75 Å². The lowest BCUT2D eigenvalue weighted by atomic mass is 9.45. The number of aromatic carboxylic acids is 1. The van der Waals surface area contributed by atoms with E-state index in [4.69, 9.17) is 9.57 Å². The molecule has 3 aliphatic carbocycles. The number of methoxy groups -OCH3 is 1. The lowest BCUT2D eigenvalue weighted by Gasteiger charge is -2.62. The molecule has 2 saturated heterocycles. The summed E-state index contributed by atoms with van der Waals surface area (Å²) in [7, 11) is 1.55. The Kier molecular flexibility index (Phi) is 9.81. The summed E-state index contributed by atoms with van der Waals surface area (Å²) in [5.74, 6) is -0.0284. The zero-order valence-corrected chi connectivity index (χ0v) is 28.6. The molecule has 0 spiro atoms. The fraction of sp³-hybridized carbons (Fsp3) is 0.622. The fourth-order valence-electron chi connectivity index (χ4n) is 9.25. The standard InChI is InChI=1S/C37H51N3O8/c1-20-29-15-25(37(29,3)4)16-30(20)38-35(44)33-32(21(2)43)31(19-42)48-40(33)17-22-8-6-10-28(34(22)47-5)23-12-24(36(45)46)14-27(13-23)39-11-7-9-26(39)18-41/h6,8,10,12-14,20-21,25-26,29-33,41-43H,7,9,11,15-19H2,1-5H3,(H,38,44)(H,45,46)/t20-,21-,25-,26+,29+,30-,31-,32+,33-/m0/s1.